The summed E-state index contributed by atoms with van der Waals surface area (Å²) < 4.78 is 2.18. The highest BCUT2D eigenvalue weighted by Gasteiger charge is 2.25. The average Bonchev–Trinajstić information content (AvgIpc) is 3.06. The van der Waals surface area contributed by atoms with E-state index in [4.69, 9.17) is 0 Å². The van der Waals surface area contributed by atoms with Gasteiger partial charge in [0, 0.05) is 29.9 Å². The maximum Gasteiger partial charge on any atom is 0.164 e. The van der Waals surface area contributed by atoms with E-state index in [0.29, 0.717) is 11.3 Å². The monoisotopic (exact) mass is 333 g/mol. The molecule has 0 bridgehead atoms. The number of pyridine rings is 1. The second kappa shape index (κ2) is 5.93. The summed E-state index contributed by atoms with van der Waals surface area (Å²) in [6.45, 7) is 6.32. The first-order chi connectivity index (χ1) is 10.5. The van der Waals surface area contributed by atoms with Gasteiger partial charge in [-0.2, -0.15) is 12.6 Å². The Morgan fingerprint density at radius 1 is 1.36 bits per heavy atom. The SMILES string of the molecule is CC(CS)c1c(O)c2nc(-c3cccnc3)sc2n1C(C)C. The van der Waals surface area contributed by atoms with Crippen LogP contribution in [0.1, 0.15) is 38.4 Å². The number of aromatic nitrogens is 3. The molecule has 4 nitrogen and oxygen atoms in total. The van der Waals surface area contributed by atoms with Gasteiger partial charge in [-0.3, -0.25) is 4.98 Å². The van der Waals surface area contributed by atoms with Gasteiger partial charge >= 0.3 is 0 Å². The van der Waals surface area contributed by atoms with Crippen molar-refractivity contribution in [1.29, 1.82) is 0 Å². The minimum Gasteiger partial charge on any atom is -0.504 e. The summed E-state index contributed by atoms with van der Waals surface area (Å²) >= 11 is 5.98. The van der Waals surface area contributed by atoms with Crippen LogP contribution in [-0.4, -0.2) is 25.4 Å². The molecule has 1 atom stereocenters. The van der Waals surface area contributed by atoms with E-state index in [2.05, 4.69) is 47.9 Å². The van der Waals surface area contributed by atoms with Crippen LogP contribution >= 0.6 is 24.0 Å². The summed E-state index contributed by atoms with van der Waals surface area (Å²) in [6.07, 6.45) is 3.54. The molecule has 0 saturated carbocycles. The zero-order valence-corrected chi connectivity index (χ0v) is 14.5. The van der Waals surface area contributed by atoms with Crippen molar-refractivity contribution in [2.45, 2.75) is 32.7 Å². The Kier molecular flexibility index (Phi) is 4.14. The van der Waals surface area contributed by atoms with Crippen LogP contribution in [-0.2, 0) is 0 Å². The van der Waals surface area contributed by atoms with Crippen molar-refractivity contribution >= 4 is 34.3 Å². The summed E-state index contributed by atoms with van der Waals surface area (Å²) in [7, 11) is 0. The Labute approximate surface area is 139 Å². The topological polar surface area (TPSA) is 50.9 Å². The fraction of sp³-hybridized carbons (Fsp3) is 0.375. The fourth-order valence-corrected chi connectivity index (χ4v) is 4.04. The van der Waals surface area contributed by atoms with E-state index in [9.17, 15) is 5.11 Å². The van der Waals surface area contributed by atoms with Crippen LogP contribution in [0.15, 0.2) is 24.5 Å². The molecule has 0 radical (unpaired) electrons. The first-order valence-corrected chi connectivity index (χ1v) is 8.74. The summed E-state index contributed by atoms with van der Waals surface area (Å²) in [5.74, 6) is 1.15. The number of nitrogens with zero attached hydrogens (tertiary/aromatic N) is 3. The molecule has 0 saturated heterocycles. The van der Waals surface area contributed by atoms with Crippen molar-refractivity contribution in [3.63, 3.8) is 0 Å². The highest BCUT2D eigenvalue weighted by Crippen LogP contribution is 2.43. The van der Waals surface area contributed by atoms with E-state index >= 15 is 0 Å². The van der Waals surface area contributed by atoms with Crippen LogP contribution in [0.5, 0.6) is 5.75 Å². The molecule has 3 aromatic heterocycles. The Bertz CT molecular complexity index is 793. The summed E-state index contributed by atoms with van der Waals surface area (Å²) in [5, 5.41) is 11.5. The maximum absolute atomic E-state index is 10.7. The molecule has 116 valence electrons. The number of thiol groups is 1. The molecule has 0 aromatic carbocycles. The molecule has 6 heteroatoms. The zero-order chi connectivity index (χ0) is 15.9. The molecule has 3 rings (SSSR count). The molecular weight excluding hydrogens is 314 g/mol. The van der Waals surface area contributed by atoms with Crippen LogP contribution in [0.4, 0.5) is 0 Å². The van der Waals surface area contributed by atoms with Gasteiger partial charge in [0.1, 0.15) is 15.4 Å². The highest BCUT2D eigenvalue weighted by atomic mass is 32.1. The quantitative estimate of drug-likeness (QED) is 0.692. The number of hydrogen-bond acceptors (Lipinski definition) is 5. The summed E-state index contributed by atoms with van der Waals surface area (Å²) in [4.78, 5) is 9.80. The zero-order valence-electron chi connectivity index (χ0n) is 12.8. The molecule has 1 N–H and O–H groups in total. The number of hydrogen-bond donors (Lipinski definition) is 2. The van der Waals surface area contributed by atoms with E-state index in [0.717, 1.165) is 21.1 Å². The smallest absolute Gasteiger partial charge is 0.164 e. The Hall–Kier alpha value is -1.53. The van der Waals surface area contributed by atoms with Crippen LogP contribution in [0.25, 0.3) is 20.9 Å². The van der Waals surface area contributed by atoms with Gasteiger partial charge in [-0.1, -0.05) is 18.3 Å². The van der Waals surface area contributed by atoms with Gasteiger partial charge in [-0.25, -0.2) is 4.98 Å². The van der Waals surface area contributed by atoms with Crippen LogP contribution < -0.4 is 0 Å². The van der Waals surface area contributed by atoms with Gasteiger partial charge in [0.15, 0.2) is 5.75 Å². The average molecular weight is 333 g/mol. The normalized spacial score (nSPS) is 13.1. The lowest BCUT2D eigenvalue weighted by atomic mass is 10.1. The van der Waals surface area contributed by atoms with Crippen molar-refractivity contribution in [2.75, 3.05) is 5.75 Å². The lowest BCUT2D eigenvalue weighted by molar-refractivity contribution is 0.456. The largest absolute Gasteiger partial charge is 0.504 e. The van der Waals surface area contributed by atoms with Crippen molar-refractivity contribution in [1.82, 2.24) is 14.5 Å². The minimum atomic E-state index is 0.175. The number of rotatable bonds is 4. The molecular formula is C16H19N3OS2. The van der Waals surface area contributed by atoms with Crippen molar-refractivity contribution in [3.05, 3.63) is 30.2 Å². The van der Waals surface area contributed by atoms with Gasteiger partial charge < -0.3 is 9.67 Å². The van der Waals surface area contributed by atoms with Crippen LogP contribution in [0.2, 0.25) is 0 Å². The van der Waals surface area contributed by atoms with Crippen molar-refractivity contribution < 1.29 is 5.11 Å². The predicted octanol–water partition coefficient (Wildman–Crippen LogP) is 4.48. The number of aromatic hydroxyl groups is 1. The van der Waals surface area contributed by atoms with E-state index in [-0.39, 0.29) is 17.7 Å². The van der Waals surface area contributed by atoms with Gasteiger partial charge in [-0.05, 0) is 31.7 Å². The van der Waals surface area contributed by atoms with Gasteiger partial charge in [0.2, 0.25) is 0 Å². The first kappa shape index (κ1) is 15.4. The molecule has 0 aliphatic rings. The Morgan fingerprint density at radius 3 is 2.73 bits per heavy atom. The van der Waals surface area contributed by atoms with Crippen molar-refractivity contribution in [3.8, 4) is 16.3 Å². The first-order valence-electron chi connectivity index (χ1n) is 7.29. The fourth-order valence-electron chi connectivity index (χ4n) is 2.66. The third-order valence-corrected chi connectivity index (χ3v) is 5.37. The Morgan fingerprint density at radius 2 is 2.14 bits per heavy atom. The molecule has 0 aliphatic carbocycles. The van der Waals surface area contributed by atoms with Crippen molar-refractivity contribution in [2.24, 2.45) is 0 Å². The highest BCUT2D eigenvalue weighted by molar-refractivity contribution is 7.80. The van der Waals surface area contributed by atoms with E-state index < -0.39 is 0 Å². The molecule has 0 spiro atoms. The molecule has 0 fully saturated rings. The standard InChI is InChI=1S/C16H19N3OS2/c1-9(2)19-13(10(3)8-21)14(20)12-16(19)22-15(18-12)11-5-4-6-17-7-11/h4-7,9-10,20-21H,8H2,1-3H3. The molecule has 22 heavy (non-hydrogen) atoms. The van der Waals surface area contributed by atoms with E-state index in [1.807, 2.05) is 12.1 Å². The number of thiazole rings is 1. The molecule has 3 aromatic rings. The Balaban J connectivity index is 2.24. The summed E-state index contributed by atoms with van der Waals surface area (Å²) in [5.41, 5.74) is 2.58. The van der Waals surface area contributed by atoms with Gasteiger partial charge in [0.25, 0.3) is 0 Å². The maximum atomic E-state index is 10.7. The third-order valence-electron chi connectivity index (χ3n) is 3.72. The van der Waals surface area contributed by atoms with Gasteiger partial charge in [0.05, 0.1) is 5.69 Å². The lowest BCUT2D eigenvalue weighted by Gasteiger charge is -2.17. The third kappa shape index (κ3) is 2.40. The second-order valence-electron chi connectivity index (χ2n) is 5.70. The second-order valence-corrected chi connectivity index (χ2v) is 7.04. The lowest BCUT2D eigenvalue weighted by Crippen LogP contribution is -2.08. The number of fused-ring (bicyclic) bond motifs is 1. The van der Waals surface area contributed by atoms with E-state index in [1.165, 1.54) is 0 Å². The van der Waals surface area contributed by atoms with Crippen LogP contribution in [0.3, 0.4) is 0 Å². The molecule has 1 unspecified atom stereocenters. The minimum absolute atomic E-state index is 0.175. The van der Waals surface area contributed by atoms with Crippen LogP contribution in [0, 0.1) is 0 Å². The molecule has 0 amide bonds. The molecule has 3 heterocycles. The summed E-state index contributed by atoms with van der Waals surface area (Å²) in [6, 6.07) is 4.13. The van der Waals surface area contributed by atoms with Gasteiger partial charge in [-0.15, -0.1) is 0 Å². The molecule has 0 aliphatic heterocycles. The van der Waals surface area contributed by atoms with E-state index in [1.54, 1.807) is 23.7 Å². The predicted molar refractivity (Wildman–Crippen MR) is 95.2 cm³/mol.